The van der Waals surface area contributed by atoms with Gasteiger partial charge in [-0.25, -0.2) is 4.79 Å². The van der Waals surface area contributed by atoms with Gasteiger partial charge in [0.15, 0.2) is 0 Å². The number of carbonyl (C=O) groups is 1. The molecule has 1 fully saturated rings. The fourth-order valence-electron chi connectivity index (χ4n) is 3.08. The first-order chi connectivity index (χ1) is 12.1. The molecule has 1 aliphatic heterocycles. The number of aryl methyl sites for hydroxylation is 1. The van der Waals surface area contributed by atoms with Crippen molar-refractivity contribution in [3.05, 3.63) is 70.0 Å². The first-order valence-corrected chi connectivity index (χ1v) is 8.11. The van der Waals surface area contributed by atoms with Crippen LogP contribution in [0.4, 0.5) is 0 Å². The third-order valence-electron chi connectivity index (χ3n) is 4.35. The fraction of sp³-hybridized carbons (Fsp3) is 0.263. The molecule has 1 aliphatic rings. The van der Waals surface area contributed by atoms with E-state index in [1.807, 2.05) is 31.2 Å². The van der Waals surface area contributed by atoms with Crippen molar-refractivity contribution in [3.63, 3.8) is 0 Å². The second kappa shape index (κ2) is 6.22. The standard InChI is InChI=1S/C19H17NO5/c1-12-6-7-17(24-12)15-11-23-9-8-20(15)18(21)14-10-13-4-2-3-5-16(13)25-19(14)22/h2-7,10,15H,8-9,11H2,1H3/t15-/m0/s1. The van der Waals surface area contributed by atoms with Gasteiger partial charge < -0.3 is 18.5 Å². The van der Waals surface area contributed by atoms with Gasteiger partial charge in [-0.1, -0.05) is 18.2 Å². The summed E-state index contributed by atoms with van der Waals surface area (Å²) in [5.41, 5.74) is -0.150. The van der Waals surface area contributed by atoms with E-state index in [1.165, 1.54) is 0 Å². The molecule has 6 heteroatoms. The maximum absolute atomic E-state index is 13.0. The maximum atomic E-state index is 13.0. The number of ether oxygens (including phenoxy) is 1. The lowest BCUT2D eigenvalue weighted by atomic mass is 10.1. The molecule has 2 aromatic heterocycles. The molecule has 0 aliphatic carbocycles. The van der Waals surface area contributed by atoms with E-state index in [0.29, 0.717) is 36.5 Å². The van der Waals surface area contributed by atoms with E-state index in [1.54, 1.807) is 23.1 Å². The number of morpholine rings is 1. The molecule has 0 spiro atoms. The van der Waals surface area contributed by atoms with Crippen LogP contribution in [-0.4, -0.2) is 30.6 Å². The van der Waals surface area contributed by atoms with Crippen LogP contribution in [0.5, 0.6) is 0 Å². The van der Waals surface area contributed by atoms with Crippen LogP contribution in [-0.2, 0) is 4.74 Å². The highest BCUT2D eigenvalue weighted by molar-refractivity contribution is 5.96. The molecule has 4 rings (SSSR count). The third kappa shape index (κ3) is 2.85. The predicted octanol–water partition coefficient (Wildman–Crippen LogP) is 2.91. The molecular formula is C19H17NO5. The van der Waals surface area contributed by atoms with Crippen molar-refractivity contribution in [1.29, 1.82) is 0 Å². The maximum Gasteiger partial charge on any atom is 0.349 e. The van der Waals surface area contributed by atoms with Gasteiger partial charge in [-0.3, -0.25) is 4.79 Å². The van der Waals surface area contributed by atoms with Gasteiger partial charge in [0.05, 0.1) is 13.2 Å². The number of fused-ring (bicyclic) bond motifs is 1. The Labute approximate surface area is 143 Å². The summed E-state index contributed by atoms with van der Waals surface area (Å²) in [6.07, 6.45) is 0. The Morgan fingerprint density at radius 2 is 2.00 bits per heavy atom. The zero-order valence-electron chi connectivity index (χ0n) is 13.7. The van der Waals surface area contributed by atoms with Crippen LogP contribution in [0.15, 0.2) is 56.1 Å². The second-order valence-corrected chi connectivity index (χ2v) is 6.02. The minimum Gasteiger partial charge on any atom is -0.464 e. The van der Waals surface area contributed by atoms with Crippen molar-refractivity contribution >= 4 is 16.9 Å². The van der Waals surface area contributed by atoms with Crippen molar-refractivity contribution in [3.8, 4) is 0 Å². The molecular weight excluding hydrogens is 322 g/mol. The van der Waals surface area contributed by atoms with Crippen LogP contribution >= 0.6 is 0 Å². The van der Waals surface area contributed by atoms with E-state index in [2.05, 4.69) is 0 Å². The number of nitrogens with zero attached hydrogens (tertiary/aromatic N) is 1. The fourth-order valence-corrected chi connectivity index (χ4v) is 3.08. The van der Waals surface area contributed by atoms with Crippen molar-refractivity contribution in [1.82, 2.24) is 4.90 Å². The van der Waals surface area contributed by atoms with Crippen molar-refractivity contribution < 1.29 is 18.4 Å². The lowest BCUT2D eigenvalue weighted by molar-refractivity contribution is -0.00914. The molecule has 3 aromatic rings. The van der Waals surface area contributed by atoms with E-state index < -0.39 is 5.63 Å². The van der Waals surface area contributed by atoms with Crippen LogP contribution in [0.25, 0.3) is 11.0 Å². The Balaban J connectivity index is 1.73. The van der Waals surface area contributed by atoms with Gasteiger partial charge in [-0.2, -0.15) is 0 Å². The topological polar surface area (TPSA) is 72.9 Å². The summed E-state index contributed by atoms with van der Waals surface area (Å²) in [4.78, 5) is 26.9. The molecule has 1 saturated heterocycles. The van der Waals surface area contributed by atoms with Gasteiger partial charge in [-0.05, 0) is 31.2 Å². The van der Waals surface area contributed by atoms with E-state index in [0.717, 1.165) is 5.76 Å². The summed E-state index contributed by atoms with van der Waals surface area (Å²) < 4.78 is 16.5. The molecule has 0 bridgehead atoms. The van der Waals surface area contributed by atoms with Crippen LogP contribution in [0.3, 0.4) is 0 Å². The van der Waals surface area contributed by atoms with E-state index in [9.17, 15) is 9.59 Å². The lowest BCUT2D eigenvalue weighted by Gasteiger charge is -2.34. The van der Waals surface area contributed by atoms with E-state index in [4.69, 9.17) is 13.6 Å². The van der Waals surface area contributed by atoms with Gasteiger partial charge in [0.25, 0.3) is 5.91 Å². The molecule has 128 valence electrons. The molecule has 1 atom stereocenters. The smallest absolute Gasteiger partial charge is 0.349 e. The largest absolute Gasteiger partial charge is 0.464 e. The molecule has 3 heterocycles. The molecule has 25 heavy (non-hydrogen) atoms. The number of hydrogen-bond acceptors (Lipinski definition) is 5. The Bertz CT molecular complexity index is 987. The van der Waals surface area contributed by atoms with E-state index in [-0.39, 0.29) is 17.5 Å². The zero-order valence-corrected chi connectivity index (χ0v) is 13.7. The number of amides is 1. The molecule has 1 amide bonds. The number of para-hydroxylation sites is 1. The lowest BCUT2D eigenvalue weighted by Crippen LogP contribution is -2.44. The number of hydrogen-bond donors (Lipinski definition) is 0. The predicted molar refractivity (Wildman–Crippen MR) is 90.5 cm³/mol. The average molecular weight is 339 g/mol. The van der Waals surface area contributed by atoms with Crippen LogP contribution in [0, 0.1) is 6.92 Å². The second-order valence-electron chi connectivity index (χ2n) is 6.02. The van der Waals surface area contributed by atoms with Crippen LogP contribution in [0.2, 0.25) is 0 Å². The number of rotatable bonds is 2. The van der Waals surface area contributed by atoms with Gasteiger partial charge in [0.1, 0.15) is 28.7 Å². The van der Waals surface area contributed by atoms with Crippen molar-refractivity contribution in [2.75, 3.05) is 19.8 Å². The summed E-state index contributed by atoms with van der Waals surface area (Å²) in [5.74, 6) is 1.04. The van der Waals surface area contributed by atoms with Crippen molar-refractivity contribution in [2.24, 2.45) is 0 Å². The normalized spacial score (nSPS) is 17.8. The molecule has 0 unspecified atom stereocenters. The highest BCUT2D eigenvalue weighted by Gasteiger charge is 2.33. The van der Waals surface area contributed by atoms with Gasteiger partial charge in [0, 0.05) is 11.9 Å². The Kier molecular flexibility index (Phi) is 3.89. The van der Waals surface area contributed by atoms with Crippen molar-refractivity contribution in [2.45, 2.75) is 13.0 Å². The Morgan fingerprint density at radius 3 is 2.80 bits per heavy atom. The average Bonchev–Trinajstić information content (AvgIpc) is 3.07. The SMILES string of the molecule is Cc1ccc([C@@H]2COCCN2C(=O)c2cc3ccccc3oc2=O)o1. The van der Waals surface area contributed by atoms with Crippen LogP contribution in [0.1, 0.15) is 27.9 Å². The first-order valence-electron chi connectivity index (χ1n) is 8.11. The van der Waals surface area contributed by atoms with E-state index >= 15 is 0 Å². The van der Waals surface area contributed by atoms with Gasteiger partial charge in [0.2, 0.25) is 0 Å². The third-order valence-corrected chi connectivity index (χ3v) is 4.35. The molecule has 0 radical (unpaired) electrons. The minimum absolute atomic E-state index is 0.0221. The number of furan rings is 1. The summed E-state index contributed by atoms with van der Waals surface area (Å²) in [5, 5.41) is 0.712. The molecule has 0 saturated carbocycles. The molecule has 6 nitrogen and oxygen atoms in total. The molecule has 1 aromatic carbocycles. The van der Waals surface area contributed by atoms with Gasteiger partial charge in [-0.15, -0.1) is 0 Å². The minimum atomic E-state index is -0.635. The quantitative estimate of drug-likeness (QED) is 0.671. The number of benzene rings is 1. The monoisotopic (exact) mass is 339 g/mol. The molecule has 0 N–H and O–H groups in total. The van der Waals surface area contributed by atoms with Crippen LogP contribution < -0.4 is 5.63 Å². The Morgan fingerprint density at radius 1 is 1.16 bits per heavy atom. The first kappa shape index (κ1) is 15.7. The zero-order chi connectivity index (χ0) is 17.4. The summed E-state index contributed by atoms with van der Waals surface area (Å²) in [7, 11) is 0. The highest BCUT2D eigenvalue weighted by Crippen LogP contribution is 2.27. The summed E-state index contributed by atoms with van der Waals surface area (Å²) in [6.45, 7) is 2.98. The highest BCUT2D eigenvalue weighted by atomic mass is 16.5. The summed E-state index contributed by atoms with van der Waals surface area (Å²) in [6, 6.07) is 12.0. The summed E-state index contributed by atoms with van der Waals surface area (Å²) >= 11 is 0. The van der Waals surface area contributed by atoms with Gasteiger partial charge >= 0.3 is 5.63 Å². The number of carbonyl (C=O) groups excluding carboxylic acids is 1. The Hall–Kier alpha value is -2.86.